The second-order valence-corrected chi connectivity index (χ2v) is 4.14. The summed E-state index contributed by atoms with van der Waals surface area (Å²) < 4.78 is 5.58. The van der Waals surface area contributed by atoms with Crippen LogP contribution < -0.4 is 10.5 Å². The average Bonchev–Trinajstić information content (AvgIpc) is 2.29. The predicted octanol–water partition coefficient (Wildman–Crippen LogP) is 2.29. The molecule has 0 amide bonds. The molecular formula is C13H19NO. The smallest absolute Gasteiger partial charge is 0.122 e. The molecule has 0 aliphatic carbocycles. The first-order valence-electron chi connectivity index (χ1n) is 5.85. The maximum absolute atomic E-state index is 5.58. The summed E-state index contributed by atoms with van der Waals surface area (Å²) in [5.41, 5.74) is 8.29. The van der Waals surface area contributed by atoms with Crippen LogP contribution in [0.5, 0.6) is 5.75 Å². The first kappa shape index (κ1) is 10.5. The number of benzene rings is 1. The van der Waals surface area contributed by atoms with Gasteiger partial charge in [0.1, 0.15) is 5.75 Å². The van der Waals surface area contributed by atoms with E-state index in [1.165, 1.54) is 24.0 Å². The SMILES string of the molecule is NCCCCc1ccc2c(c1)CCCO2. The number of aryl methyl sites for hydroxylation is 2. The summed E-state index contributed by atoms with van der Waals surface area (Å²) in [5.74, 6) is 1.09. The number of fused-ring (bicyclic) bond motifs is 1. The molecular weight excluding hydrogens is 186 g/mol. The second kappa shape index (κ2) is 5.17. The normalized spacial score (nSPS) is 14.5. The van der Waals surface area contributed by atoms with Gasteiger partial charge >= 0.3 is 0 Å². The van der Waals surface area contributed by atoms with Gasteiger partial charge in [0.2, 0.25) is 0 Å². The Balaban J connectivity index is 2.00. The van der Waals surface area contributed by atoms with Gasteiger partial charge in [0.25, 0.3) is 0 Å². The van der Waals surface area contributed by atoms with Crippen LogP contribution in [0.2, 0.25) is 0 Å². The highest BCUT2D eigenvalue weighted by molar-refractivity contribution is 5.38. The van der Waals surface area contributed by atoms with Crippen LogP contribution in [0, 0.1) is 0 Å². The minimum absolute atomic E-state index is 0.800. The van der Waals surface area contributed by atoms with Gasteiger partial charge in [-0.1, -0.05) is 12.1 Å². The van der Waals surface area contributed by atoms with E-state index < -0.39 is 0 Å². The monoisotopic (exact) mass is 205 g/mol. The van der Waals surface area contributed by atoms with E-state index in [0.29, 0.717) is 0 Å². The number of nitrogens with two attached hydrogens (primary N) is 1. The van der Waals surface area contributed by atoms with Crippen LogP contribution in [-0.4, -0.2) is 13.2 Å². The van der Waals surface area contributed by atoms with Crippen molar-refractivity contribution in [3.63, 3.8) is 0 Å². The Bertz CT molecular complexity index is 322. The van der Waals surface area contributed by atoms with Crippen molar-refractivity contribution in [3.8, 4) is 5.75 Å². The van der Waals surface area contributed by atoms with Crippen molar-refractivity contribution in [2.45, 2.75) is 32.1 Å². The summed E-state index contributed by atoms with van der Waals surface area (Å²) in [6.45, 7) is 1.67. The zero-order chi connectivity index (χ0) is 10.5. The minimum atomic E-state index is 0.800. The van der Waals surface area contributed by atoms with E-state index in [2.05, 4.69) is 18.2 Å². The van der Waals surface area contributed by atoms with Crippen LogP contribution in [0.15, 0.2) is 18.2 Å². The van der Waals surface area contributed by atoms with Crippen molar-refractivity contribution in [3.05, 3.63) is 29.3 Å². The molecule has 2 nitrogen and oxygen atoms in total. The molecule has 1 aromatic rings. The van der Waals surface area contributed by atoms with Crippen molar-refractivity contribution in [2.75, 3.05) is 13.2 Å². The summed E-state index contributed by atoms with van der Waals surface area (Å²) in [4.78, 5) is 0. The third-order valence-corrected chi connectivity index (χ3v) is 2.89. The van der Waals surface area contributed by atoms with Gasteiger partial charge in [0, 0.05) is 0 Å². The van der Waals surface area contributed by atoms with Gasteiger partial charge < -0.3 is 10.5 Å². The van der Waals surface area contributed by atoms with Gasteiger partial charge in [-0.3, -0.25) is 0 Å². The number of rotatable bonds is 4. The maximum atomic E-state index is 5.58. The number of hydrogen-bond donors (Lipinski definition) is 1. The molecule has 15 heavy (non-hydrogen) atoms. The Morgan fingerprint density at radius 2 is 2.20 bits per heavy atom. The van der Waals surface area contributed by atoms with Gasteiger partial charge in [-0.2, -0.15) is 0 Å². The molecule has 0 bridgehead atoms. The first-order valence-corrected chi connectivity index (χ1v) is 5.85. The standard InChI is InChI=1S/C13H19NO/c14-8-2-1-4-11-6-7-13-12(10-11)5-3-9-15-13/h6-7,10H,1-5,8-9,14H2. The van der Waals surface area contributed by atoms with Gasteiger partial charge in [-0.25, -0.2) is 0 Å². The van der Waals surface area contributed by atoms with E-state index in [-0.39, 0.29) is 0 Å². The quantitative estimate of drug-likeness (QED) is 0.765. The Kier molecular flexibility index (Phi) is 3.62. The molecule has 2 heteroatoms. The maximum Gasteiger partial charge on any atom is 0.122 e. The molecule has 0 saturated heterocycles. The molecule has 0 spiro atoms. The fourth-order valence-corrected chi connectivity index (χ4v) is 2.04. The summed E-state index contributed by atoms with van der Waals surface area (Å²) in [6, 6.07) is 6.60. The molecule has 0 atom stereocenters. The lowest BCUT2D eigenvalue weighted by atomic mass is 10.0. The third kappa shape index (κ3) is 2.72. The van der Waals surface area contributed by atoms with Gasteiger partial charge in [0.05, 0.1) is 6.61 Å². The predicted molar refractivity (Wildman–Crippen MR) is 62.3 cm³/mol. The van der Waals surface area contributed by atoms with Crippen LogP contribution in [0.4, 0.5) is 0 Å². The van der Waals surface area contributed by atoms with Gasteiger partial charge in [-0.15, -0.1) is 0 Å². The van der Waals surface area contributed by atoms with Gasteiger partial charge in [0.15, 0.2) is 0 Å². The fraction of sp³-hybridized carbons (Fsp3) is 0.538. The Labute approximate surface area is 91.4 Å². The molecule has 1 heterocycles. The molecule has 0 aromatic heterocycles. The number of unbranched alkanes of at least 4 members (excludes halogenated alkanes) is 1. The Hall–Kier alpha value is -1.02. The molecule has 0 unspecified atom stereocenters. The Morgan fingerprint density at radius 3 is 3.07 bits per heavy atom. The van der Waals surface area contributed by atoms with E-state index in [1.807, 2.05) is 0 Å². The second-order valence-electron chi connectivity index (χ2n) is 4.14. The molecule has 2 rings (SSSR count). The van der Waals surface area contributed by atoms with Crippen LogP contribution in [0.3, 0.4) is 0 Å². The summed E-state index contributed by atoms with van der Waals surface area (Å²) >= 11 is 0. The van der Waals surface area contributed by atoms with E-state index in [9.17, 15) is 0 Å². The van der Waals surface area contributed by atoms with Crippen molar-refractivity contribution in [2.24, 2.45) is 5.73 Å². The fourth-order valence-electron chi connectivity index (χ4n) is 2.04. The van der Waals surface area contributed by atoms with E-state index in [0.717, 1.165) is 38.2 Å². The minimum Gasteiger partial charge on any atom is -0.493 e. The number of ether oxygens (including phenoxy) is 1. The van der Waals surface area contributed by atoms with Crippen LogP contribution >= 0.6 is 0 Å². The van der Waals surface area contributed by atoms with Crippen molar-refractivity contribution in [1.29, 1.82) is 0 Å². The molecule has 1 aliphatic rings. The molecule has 1 aliphatic heterocycles. The lowest BCUT2D eigenvalue weighted by molar-refractivity contribution is 0.288. The van der Waals surface area contributed by atoms with E-state index in [1.54, 1.807) is 0 Å². The average molecular weight is 205 g/mol. The third-order valence-electron chi connectivity index (χ3n) is 2.89. The molecule has 0 fully saturated rings. The van der Waals surface area contributed by atoms with Crippen LogP contribution in [0.25, 0.3) is 0 Å². The van der Waals surface area contributed by atoms with Crippen molar-refractivity contribution < 1.29 is 4.74 Å². The lowest BCUT2D eigenvalue weighted by Crippen LogP contribution is -2.08. The van der Waals surface area contributed by atoms with Crippen molar-refractivity contribution in [1.82, 2.24) is 0 Å². The summed E-state index contributed by atoms with van der Waals surface area (Å²) in [7, 11) is 0. The van der Waals surface area contributed by atoms with Crippen LogP contribution in [0.1, 0.15) is 30.4 Å². The highest BCUT2D eigenvalue weighted by Gasteiger charge is 2.09. The largest absolute Gasteiger partial charge is 0.493 e. The van der Waals surface area contributed by atoms with E-state index in [4.69, 9.17) is 10.5 Å². The lowest BCUT2D eigenvalue weighted by Gasteiger charge is -2.17. The molecule has 2 N–H and O–H groups in total. The Morgan fingerprint density at radius 1 is 1.27 bits per heavy atom. The number of hydrogen-bond acceptors (Lipinski definition) is 2. The van der Waals surface area contributed by atoms with Gasteiger partial charge in [-0.05, 0) is 55.8 Å². The molecule has 1 aromatic carbocycles. The highest BCUT2D eigenvalue weighted by atomic mass is 16.5. The van der Waals surface area contributed by atoms with Crippen LogP contribution in [-0.2, 0) is 12.8 Å². The topological polar surface area (TPSA) is 35.2 Å². The van der Waals surface area contributed by atoms with E-state index >= 15 is 0 Å². The van der Waals surface area contributed by atoms with Crippen molar-refractivity contribution >= 4 is 0 Å². The first-order chi connectivity index (χ1) is 7.40. The molecule has 0 saturated carbocycles. The zero-order valence-electron chi connectivity index (χ0n) is 9.17. The summed E-state index contributed by atoms with van der Waals surface area (Å²) in [5, 5.41) is 0. The summed E-state index contributed by atoms with van der Waals surface area (Å²) in [6.07, 6.45) is 5.77. The molecule has 82 valence electrons. The zero-order valence-corrected chi connectivity index (χ0v) is 9.17. The highest BCUT2D eigenvalue weighted by Crippen LogP contribution is 2.25. The molecule has 0 radical (unpaired) electrons.